The van der Waals surface area contributed by atoms with Gasteiger partial charge < -0.3 is 15.8 Å². The highest BCUT2D eigenvalue weighted by molar-refractivity contribution is 7.18. The second-order valence-corrected chi connectivity index (χ2v) is 7.16. The molecule has 3 N–H and O–H groups in total. The first-order chi connectivity index (χ1) is 13.8. The Morgan fingerprint density at radius 3 is 2.24 bits per heavy atom. The number of nitrogens with two attached hydrogens (primary N) is 1. The standard InChI is InChI=1S/C19H17N3O6S/c1-3-28-19(27)13-9(2)14(15(20)24)29-16(13)21-12(23)8-22-17(25)10-6-4-5-7-11(10)18(22)26/h4-7H,3,8H2,1-2H3,(H2,20,24)(H,21,23). The fourth-order valence-electron chi connectivity index (χ4n) is 2.98. The summed E-state index contributed by atoms with van der Waals surface area (Å²) >= 11 is 0.828. The first kappa shape index (κ1) is 20.2. The van der Waals surface area contributed by atoms with Crippen molar-refractivity contribution in [1.82, 2.24) is 4.90 Å². The highest BCUT2D eigenvalue weighted by Gasteiger charge is 2.36. The van der Waals surface area contributed by atoms with Crippen molar-refractivity contribution in [2.24, 2.45) is 5.73 Å². The molecular weight excluding hydrogens is 398 g/mol. The molecule has 1 aliphatic heterocycles. The zero-order valence-electron chi connectivity index (χ0n) is 15.6. The van der Waals surface area contributed by atoms with Gasteiger partial charge in [0.15, 0.2) is 0 Å². The molecule has 0 bridgehead atoms. The molecule has 2 aromatic rings. The van der Waals surface area contributed by atoms with Crippen LogP contribution in [-0.4, -0.2) is 47.6 Å². The van der Waals surface area contributed by atoms with Crippen LogP contribution in [0.5, 0.6) is 0 Å². The van der Waals surface area contributed by atoms with Gasteiger partial charge in [0.1, 0.15) is 11.5 Å². The molecule has 2 heterocycles. The summed E-state index contributed by atoms with van der Waals surface area (Å²) in [4.78, 5) is 62.1. The van der Waals surface area contributed by atoms with Crippen LogP contribution in [0.25, 0.3) is 0 Å². The van der Waals surface area contributed by atoms with Crippen LogP contribution in [0.1, 0.15) is 53.2 Å². The zero-order valence-corrected chi connectivity index (χ0v) is 16.4. The molecule has 9 nitrogen and oxygen atoms in total. The maximum absolute atomic E-state index is 12.5. The van der Waals surface area contributed by atoms with E-state index in [0.29, 0.717) is 0 Å². The average molecular weight is 415 g/mol. The van der Waals surface area contributed by atoms with Crippen molar-refractivity contribution in [2.45, 2.75) is 13.8 Å². The highest BCUT2D eigenvalue weighted by atomic mass is 32.1. The molecule has 1 aromatic heterocycles. The number of anilines is 1. The number of imide groups is 1. The van der Waals surface area contributed by atoms with Gasteiger partial charge in [0.2, 0.25) is 5.91 Å². The number of hydrogen-bond donors (Lipinski definition) is 2. The summed E-state index contributed by atoms with van der Waals surface area (Å²) in [6, 6.07) is 6.26. The summed E-state index contributed by atoms with van der Waals surface area (Å²) in [5.41, 5.74) is 6.08. The predicted molar refractivity (Wildman–Crippen MR) is 104 cm³/mol. The molecule has 4 amide bonds. The quantitative estimate of drug-likeness (QED) is 0.543. The van der Waals surface area contributed by atoms with E-state index < -0.39 is 36.1 Å². The van der Waals surface area contributed by atoms with Gasteiger partial charge >= 0.3 is 5.97 Å². The number of nitrogens with one attached hydrogen (secondary N) is 1. The van der Waals surface area contributed by atoms with Crippen molar-refractivity contribution >= 4 is 45.9 Å². The minimum atomic E-state index is -0.751. The van der Waals surface area contributed by atoms with Crippen molar-refractivity contribution in [2.75, 3.05) is 18.5 Å². The third-order valence-corrected chi connectivity index (χ3v) is 5.50. The molecule has 0 fully saturated rings. The molecule has 0 radical (unpaired) electrons. The first-order valence-electron chi connectivity index (χ1n) is 8.61. The third-order valence-electron chi connectivity index (χ3n) is 4.28. The molecule has 1 aliphatic rings. The molecule has 0 atom stereocenters. The van der Waals surface area contributed by atoms with E-state index in [4.69, 9.17) is 10.5 Å². The summed E-state index contributed by atoms with van der Waals surface area (Å²) < 4.78 is 4.98. The summed E-state index contributed by atoms with van der Waals surface area (Å²) in [7, 11) is 0. The van der Waals surface area contributed by atoms with E-state index >= 15 is 0 Å². The number of primary amides is 1. The minimum absolute atomic E-state index is 0.0151. The average Bonchev–Trinajstić information content (AvgIpc) is 3.12. The summed E-state index contributed by atoms with van der Waals surface area (Å²) in [6.45, 7) is 2.69. The van der Waals surface area contributed by atoms with E-state index in [2.05, 4.69) is 5.32 Å². The van der Waals surface area contributed by atoms with E-state index in [9.17, 15) is 24.0 Å². The summed E-state index contributed by atoms with van der Waals surface area (Å²) in [6.07, 6.45) is 0. The van der Waals surface area contributed by atoms with Gasteiger partial charge in [-0.25, -0.2) is 4.79 Å². The van der Waals surface area contributed by atoms with Gasteiger partial charge in [-0.3, -0.25) is 24.1 Å². The topological polar surface area (TPSA) is 136 Å². The molecule has 0 spiro atoms. The number of ether oxygens (including phenoxy) is 1. The molecule has 0 saturated carbocycles. The molecule has 150 valence electrons. The number of benzene rings is 1. The van der Waals surface area contributed by atoms with E-state index in [-0.39, 0.29) is 38.7 Å². The number of carbonyl (C=O) groups excluding carboxylic acids is 5. The highest BCUT2D eigenvalue weighted by Crippen LogP contribution is 2.33. The van der Waals surface area contributed by atoms with Crippen molar-refractivity contribution in [3.8, 4) is 0 Å². The van der Waals surface area contributed by atoms with E-state index in [1.54, 1.807) is 19.1 Å². The molecule has 3 rings (SSSR count). The maximum Gasteiger partial charge on any atom is 0.341 e. The van der Waals surface area contributed by atoms with Gasteiger partial charge in [0.25, 0.3) is 17.7 Å². The molecule has 1 aromatic carbocycles. The lowest BCUT2D eigenvalue weighted by Gasteiger charge is -2.13. The number of hydrogen-bond acceptors (Lipinski definition) is 7. The van der Waals surface area contributed by atoms with Gasteiger partial charge in [-0.1, -0.05) is 12.1 Å². The van der Waals surface area contributed by atoms with Gasteiger partial charge in [0.05, 0.1) is 28.2 Å². The largest absolute Gasteiger partial charge is 0.462 e. The third kappa shape index (κ3) is 3.61. The maximum atomic E-state index is 12.5. The van der Waals surface area contributed by atoms with Crippen LogP contribution in [-0.2, 0) is 9.53 Å². The monoisotopic (exact) mass is 415 g/mol. The smallest absolute Gasteiger partial charge is 0.341 e. The van der Waals surface area contributed by atoms with Crippen LogP contribution < -0.4 is 11.1 Å². The molecule has 0 unspecified atom stereocenters. The Morgan fingerprint density at radius 1 is 1.14 bits per heavy atom. The van der Waals surface area contributed by atoms with Crippen LogP contribution in [0.3, 0.4) is 0 Å². The van der Waals surface area contributed by atoms with Crippen LogP contribution in [0.2, 0.25) is 0 Å². The molecule has 0 aliphatic carbocycles. The van der Waals surface area contributed by atoms with Crippen LogP contribution in [0.15, 0.2) is 24.3 Å². The Morgan fingerprint density at radius 2 is 1.72 bits per heavy atom. The number of esters is 1. The lowest BCUT2D eigenvalue weighted by atomic mass is 10.1. The molecular formula is C19H17N3O6S. The van der Waals surface area contributed by atoms with E-state index in [0.717, 1.165) is 16.2 Å². The second kappa shape index (κ2) is 7.84. The van der Waals surface area contributed by atoms with E-state index in [1.807, 2.05) is 0 Å². The lowest BCUT2D eigenvalue weighted by Crippen LogP contribution is -2.37. The SMILES string of the molecule is CCOC(=O)c1c(NC(=O)CN2C(=O)c3ccccc3C2=O)sc(C(N)=O)c1C. The Bertz CT molecular complexity index is 1020. The summed E-state index contributed by atoms with van der Waals surface area (Å²) in [5, 5.41) is 2.55. The van der Waals surface area contributed by atoms with Crippen molar-refractivity contribution < 1.29 is 28.7 Å². The number of carbonyl (C=O) groups is 5. The van der Waals surface area contributed by atoms with Crippen molar-refractivity contribution in [1.29, 1.82) is 0 Å². The van der Waals surface area contributed by atoms with E-state index in [1.165, 1.54) is 19.1 Å². The fourth-order valence-corrected chi connectivity index (χ4v) is 4.04. The van der Waals surface area contributed by atoms with Crippen LogP contribution in [0.4, 0.5) is 5.00 Å². The first-order valence-corrected chi connectivity index (χ1v) is 9.43. The minimum Gasteiger partial charge on any atom is -0.462 e. The van der Waals surface area contributed by atoms with Gasteiger partial charge in [-0.05, 0) is 31.5 Å². The Balaban J connectivity index is 1.84. The lowest BCUT2D eigenvalue weighted by molar-refractivity contribution is -0.116. The fraction of sp³-hybridized carbons (Fsp3) is 0.211. The van der Waals surface area contributed by atoms with Gasteiger partial charge in [-0.15, -0.1) is 11.3 Å². The zero-order chi connectivity index (χ0) is 21.3. The van der Waals surface area contributed by atoms with Gasteiger partial charge in [0, 0.05) is 0 Å². The second-order valence-electron chi connectivity index (χ2n) is 6.14. The van der Waals surface area contributed by atoms with Crippen molar-refractivity contribution in [3.63, 3.8) is 0 Å². The molecule has 0 saturated heterocycles. The number of amides is 4. The number of nitrogens with zero attached hydrogens (tertiary/aromatic N) is 1. The Kier molecular flexibility index (Phi) is 5.46. The normalized spacial score (nSPS) is 12.7. The molecule has 10 heteroatoms. The van der Waals surface area contributed by atoms with Crippen LogP contribution in [0, 0.1) is 6.92 Å². The Hall–Kier alpha value is -3.53. The Labute approximate surface area is 169 Å². The van der Waals surface area contributed by atoms with Crippen LogP contribution >= 0.6 is 11.3 Å². The number of fused-ring (bicyclic) bond motifs is 1. The predicted octanol–water partition coefficient (Wildman–Crippen LogP) is 1.57. The summed E-state index contributed by atoms with van der Waals surface area (Å²) in [5.74, 6) is -3.33. The number of thiophene rings is 1. The molecule has 29 heavy (non-hydrogen) atoms. The number of rotatable bonds is 6. The van der Waals surface area contributed by atoms with Gasteiger partial charge in [-0.2, -0.15) is 0 Å². The van der Waals surface area contributed by atoms with Crippen molar-refractivity contribution in [3.05, 3.63) is 51.4 Å².